The van der Waals surface area contributed by atoms with E-state index in [1.165, 1.54) is 18.6 Å². The molecule has 2 saturated heterocycles. The molecule has 1 aromatic carbocycles. The zero-order valence-corrected chi connectivity index (χ0v) is 13.9. The number of halogens is 2. The zero-order chi connectivity index (χ0) is 15.7. The summed E-state index contributed by atoms with van der Waals surface area (Å²) in [5.74, 6) is 0.134. The number of nitrogens with zero attached hydrogens (tertiary/aromatic N) is 2. The Bertz CT molecular complexity index is 550. The summed E-state index contributed by atoms with van der Waals surface area (Å²) in [6.45, 7) is 2.72. The average molecular weight is 343 g/mol. The Balaban J connectivity index is 1.71. The van der Waals surface area contributed by atoms with Gasteiger partial charge in [0.05, 0.1) is 0 Å². The minimum atomic E-state index is -0.0820. The molecule has 6 heteroatoms. The van der Waals surface area contributed by atoms with Gasteiger partial charge in [0.25, 0.3) is 0 Å². The number of aromatic hydroxyl groups is 1. The molecule has 1 unspecified atom stereocenters. The number of phenols is 1. The van der Waals surface area contributed by atoms with E-state index in [4.69, 9.17) is 23.2 Å². The van der Waals surface area contributed by atoms with Gasteiger partial charge in [-0.3, -0.25) is 9.80 Å². The van der Waals surface area contributed by atoms with Crippen molar-refractivity contribution in [3.63, 3.8) is 0 Å². The number of rotatable bonds is 3. The number of carbonyl (C=O) groups excluding carboxylic acids is 1. The Morgan fingerprint density at radius 1 is 1.09 bits per heavy atom. The van der Waals surface area contributed by atoms with Gasteiger partial charge in [0.15, 0.2) is 0 Å². The maximum absolute atomic E-state index is 12.6. The Kier molecular flexibility index (Phi) is 4.81. The highest BCUT2D eigenvalue weighted by Crippen LogP contribution is 2.34. The van der Waals surface area contributed by atoms with Crippen LogP contribution in [-0.4, -0.2) is 40.7 Å². The first-order valence-corrected chi connectivity index (χ1v) is 8.55. The number of phenolic OH excluding ortho intramolecular Hbond substituents is 1. The molecule has 2 aliphatic rings. The highest BCUT2D eigenvalue weighted by Gasteiger charge is 2.36. The molecule has 0 aromatic heterocycles. The van der Waals surface area contributed by atoms with Crippen LogP contribution in [0.1, 0.15) is 31.2 Å². The molecular weight excluding hydrogens is 323 g/mol. The lowest BCUT2D eigenvalue weighted by Gasteiger charge is -2.34. The van der Waals surface area contributed by atoms with E-state index < -0.39 is 0 Å². The predicted octanol–water partition coefficient (Wildman–Crippen LogP) is 3.49. The van der Waals surface area contributed by atoms with Crippen LogP contribution in [0.4, 0.5) is 0 Å². The third-order valence-corrected chi connectivity index (χ3v) is 5.22. The monoisotopic (exact) mass is 342 g/mol. The molecular formula is C16H20Cl2N2O2. The molecule has 0 bridgehead atoms. The van der Waals surface area contributed by atoms with Gasteiger partial charge in [-0.2, -0.15) is 0 Å². The van der Waals surface area contributed by atoms with E-state index in [0.717, 1.165) is 44.5 Å². The Labute approximate surface area is 140 Å². The first-order chi connectivity index (χ1) is 10.6. The average Bonchev–Trinajstić information content (AvgIpc) is 2.85. The fraction of sp³-hybridized carbons (Fsp3) is 0.562. The molecule has 1 N–H and O–H groups in total. The quantitative estimate of drug-likeness (QED) is 0.914. The number of amides is 1. The SMILES string of the molecule is O=C1C(Cc2c(Cl)cc(O)cc2Cl)CCN1N1CCCCC1. The van der Waals surface area contributed by atoms with Crippen LogP contribution in [0.3, 0.4) is 0 Å². The van der Waals surface area contributed by atoms with Gasteiger partial charge in [-0.25, -0.2) is 5.01 Å². The molecule has 4 nitrogen and oxygen atoms in total. The largest absolute Gasteiger partial charge is 0.508 e. The van der Waals surface area contributed by atoms with Crippen LogP contribution >= 0.6 is 23.2 Å². The number of hydrogen-bond donors (Lipinski definition) is 1. The van der Waals surface area contributed by atoms with Gasteiger partial charge < -0.3 is 5.11 Å². The predicted molar refractivity (Wildman–Crippen MR) is 87.1 cm³/mol. The normalized spacial score (nSPS) is 23.3. The summed E-state index contributed by atoms with van der Waals surface area (Å²) in [6.07, 6.45) is 4.92. The van der Waals surface area contributed by atoms with Crippen LogP contribution in [0.25, 0.3) is 0 Å². The minimum absolute atomic E-state index is 0.0476. The fourth-order valence-electron chi connectivity index (χ4n) is 3.34. The molecule has 0 spiro atoms. The van der Waals surface area contributed by atoms with Crippen LogP contribution in [0, 0.1) is 5.92 Å². The van der Waals surface area contributed by atoms with Crippen molar-refractivity contribution in [3.8, 4) is 5.75 Å². The van der Waals surface area contributed by atoms with Crippen LogP contribution in [0.5, 0.6) is 5.75 Å². The van der Waals surface area contributed by atoms with Gasteiger partial charge in [0, 0.05) is 35.6 Å². The molecule has 1 aromatic rings. The molecule has 120 valence electrons. The number of carbonyl (C=O) groups is 1. The van der Waals surface area contributed by atoms with Gasteiger partial charge in [0.1, 0.15) is 5.75 Å². The lowest BCUT2D eigenvalue weighted by Crippen LogP contribution is -2.47. The summed E-state index contributed by atoms with van der Waals surface area (Å²) in [6, 6.07) is 2.95. The third kappa shape index (κ3) is 3.19. The molecule has 2 heterocycles. The van der Waals surface area contributed by atoms with Crippen molar-refractivity contribution in [2.75, 3.05) is 19.6 Å². The smallest absolute Gasteiger partial charge is 0.240 e. The Hall–Kier alpha value is -0.970. The first kappa shape index (κ1) is 15.9. The van der Waals surface area contributed by atoms with Crippen molar-refractivity contribution in [1.29, 1.82) is 0 Å². The first-order valence-electron chi connectivity index (χ1n) is 7.79. The molecule has 0 saturated carbocycles. The number of hydrogen-bond acceptors (Lipinski definition) is 3. The van der Waals surface area contributed by atoms with Crippen molar-refractivity contribution in [2.24, 2.45) is 5.92 Å². The molecule has 1 amide bonds. The summed E-state index contributed by atoms with van der Waals surface area (Å²) in [5, 5.41) is 14.4. The van der Waals surface area contributed by atoms with Crippen LogP contribution in [0.15, 0.2) is 12.1 Å². The lowest BCUT2D eigenvalue weighted by molar-refractivity contribution is -0.147. The molecule has 1 atom stereocenters. The maximum atomic E-state index is 12.6. The summed E-state index contributed by atoms with van der Waals surface area (Å²) in [7, 11) is 0. The lowest BCUT2D eigenvalue weighted by atomic mass is 9.98. The van der Waals surface area contributed by atoms with E-state index in [2.05, 4.69) is 5.01 Å². The van der Waals surface area contributed by atoms with E-state index in [9.17, 15) is 9.90 Å². The van der Waals surface area contributed by atoms with Crippen LogP contribution in [0.2, 0.25) is 10.0 Å². The summed E-state index contributed by atoms with van der Waals surface area (Å²) in [5.41, 5.74) is 0.750. The standard InChI is InChI=1S/C16H20Cl2N2O2/c17-14-9-12(21)10-15(18)13(14)8-11-4-7-20(16(11)22)19-5-2-1-3-6-19/h9-11,21H,1-8H2. The second-order valence-electron chi connectivity index (χ2n) is 6.05. The summed E-state index contributed by atoms with van der Waals surface area (Å²) in [4.78, 5) is 12.6. The second kappa shape index (κ2) is 6.65. The molecule has 2 aliphatic heterocycles. The maximum Gasteiger partial charge on any atom is 0.240 e. The molecule has 22 heavy (non-hydrogen) atoms. The van der Waals surface area contributed by atoms with Crippen molar-refractivity contribution in [2.45, 2.75) is 32.1 Å². The highest BCUT2D eigenvalue weighted by atomic mass is 35.5. The van der Waals surface area contributed by atoms with E-state index in [1.807, 2.05) is 5.01 Å². The third-order valence-electron chi connectivity index (χ3n) is 4.54. The van der Waals surface area contributed by atoms with Gasteiger partial charge in [-0.15, -0.1) is 0 Å². The van der Waals surface area contributed by atoms with Gasteiger partial charge in [0.2, 0.25) is 5.91 Å². The van der Waals surface area contributed by atoms with Crippen molar-refractivity contribution >= 4 is 29.1 Å². The van der Waals surface area contributed by atoms with Crippen LogP contribution < -0.4 is 0 Å². The van der Waals surface area contributed by atoms with Crippen molar-refractivity contribution in [1.82, 2.24) is 10.0 Å². The Morgan fingerprint density at radius 3 is 2.36 bits per heavy atom. The number of hydrazine groups is 1. The second-order valence-corrected chi connectivity index (χ2v) is 6.87. The zero-order valence-electron chi connectivity index (χ0n) is 12.4. The van der Waals surface area contributed by atoms with E-state index in [-0.39, 0.29) is 17.6 Å². The number of piperidine rings is 1. The Morgan fingerprint density at radius 2 is 1.73 bits per heavy atom. The summed E-state index contributed by atoms with van der Waals surface area (Å²) >= 11 is 12.3. The van der Waals surface area contributed by atoms with Crippen LogP contribution in [-0.2, 0) is 11.2 Å². The molecule has 2 fully saturated rings. The van der Waals surface area contributed by atoms with Gasteiger partial charge in [-0.05, 0) is 43.4 Å². The highest BCUT2D eigenvalue weighted by molar-refractivity contribution is 6.36. The topological polar surface area (TPSA) is 43.8 Å². The van der Waals surface area contributed by atoms with E-state index in [0.29, 0.717) is 16.5 Å². The van der Waals surface area contributed by atoms with Gasteiger partial charge in [-0.1, -0.05) is 29.6 Å². The number of benzene rings is 1. The van der Waals surface area contributed by atoms with Gasteiger partial charge >= 0.3 is 0 Å². The van der Waals surface area contributed by atoms with E-state index in [1.54, 1.807) is 0 Å². The van der Waals surface area contributed by atoms with E-state index >= 15 is 0 Å². The fourth-order valence-corrected chi connectivity index (χ4v) is 3.97. The molecule has 0 aliphatic carbocycles. The minimum Gasteiger partial charge on any atom is -0.508 e. The molecule has 0 radical (unpaired) electrons. The molecule has 3 rings (SSSR count). The van der Waals surface area contributed by atoms with Crippen molar-refractivity contribution in [3.05, 3.63) is 27.7 Å². The van der Waals surface area contributed by atoms with Crippen molar-refractivity contribution < 1.29 is 9.90 Å². The summed E-state index contributed by atoms with van der Waals surface area (Å²) < 4.78 is 0.